The molecule has 0 aromatic carbocycles. The molecule has 2 aliphatic carbocycles. The molecule has 5 atom stereocenters. The van der Waals surface area contributed by atoms with Gasteiger partial charge in [0.15, 0.2) is 0 Å². The van der Waals surface area contributed by atoms with Gasteiger partial charge >= 0.3 is 0 Å². The lowest BCUT2D eigenvalue weighted by Gasteiger charge is -2.35. The molecule has 0 spiro atoms. The van der Waals surface area contributed by atoms with Crippen LogP contribution < -0.4 is 5.32 Å². The van der Waals surface area contributed by atoms with Gasteiger partial charge in [-0.15, -0.1) is 0 Å². The Morgan fingerprint density at radius 2 is 1.95 bits per heavy atom. The van der Waals surface area contributed by atoms with Crippen LogP contribution in [-0.4, -0.2) is 29.1 Å². The molecular weight excluding hydrogens is 236 g/mol. The maximum absolute atomic E-state index is 12.7. The van der Waals surface area contributed by atoms with Crippen LogP contribution >= 0.6 is 0 Å². The van der Waals surface area contributed by atoms with Gasteiger partial charge in [0.05, 0.1) is 12.2 Å². The molecule has 3 fully saturated rings. The van der Waals surface area contributed by atoms with E-state index in [1.54, 1.807) is 0 Å². The normalized spacial score (nSPS) is 41.5. The topological polar surface area (TPSA) is 32.3 Å². The van der Waals surface area contributed by atoms with Crippen LogP contribution in [-0.2, 0) is 4.79 Å². The molecule has 1 saturated heterocycles. The first-order chi connectivity index (χ1) is 9.24. The van der Waals surface area contributed by atoms with Gasteiger partial charge in [-0.1, -0.05) is 33.1 Å². The molecule has 3 rings (SSSR count). The van der Waals surface area contributed by atoms with Gasteiger partial charge in [0, 0.05) is 6.04 Å². The summed E-state index contributed by atoms with van der Waals surface area (Å²) in [6, 6.07) is 0.651. The maximum atomic E-state index is 12.7. The zero-order valence-electron chi connectivity index (χ0n) is 12.4. The van der Waals surface area contributed by atoms with Crippen molar-refractivity contribution in [2.45, 2.75) is 83.5 Å². The zero-order valence-corrected chi connectivity index (χ0v) is 12.4. The Hall–Kier alpha value is -0.570. The van der Waals surface area contributed by atoms with Gasteiger partial charge in [-0.05, 0) is 43.9 Å². The average molecular weight is 264 g/mol. The molecule has 3 aliphatic rings. The van der Waals surface area contributed by atoms with Crippen LogP contribution in [0.1, 0.15) is 65.2 Å². The summed E-state index contributed by atoms with van der Waals surface area (Å²) in [5.41, 5.74) is 0. The van der Waals surface area contributed by atoms with Crippen molar-refractivity contribution in [2.24, 2.45) is 11.8 Å². The molecule has 1 amide bonds. The lowest BCUT2D eigenvalue weighted by molar-refractivity contribution is -0.133. The van der Waals surface area contributed by atoms with Crippen LogP contribution in [0.5, 0.6) is 0 Å². The van der Waals surface area contributed by atoms with Gasteiger partial charge in [-0.3, -0.25) is 10.1 Å². The number of carbonyl (C=O) groups excluding carboxylic acids is 1. The lowest BCUT2D eigenvalue weighted by Crippen LogP contribution is -2.47. The summed E-state index contributed by atoms with van der Waals surface area (Å²) in [7, 11) is 0. The van der Waals surface area contributed by atoms with Crippen LogP contribution in [0.25, 0.3) is 0 Å². The molecule has 1 N–H and O–H groups in total. The van der Waals surface area contributed by atoms with E-state index in [1.807, 2.05) is 0 Å². The summed E-state index contributed by atoms with van der Waals surface area (Å²) in [5, 5.41) is 3.61. The Bertz CT molecular complexity index is 344. The van der Waals surface area contributed by atoms with Crippen molar-refractivity contribution < 1.29 is 4.79 Å². The maximum Gasteiger partial charge on any atom is 0.241 e. The van der Waals surface area contributed by atoms with Gasteiger partial charge in [0.1, 0.15) is 0 Å². The summed E-state index contributed by atoms with van der Waals surface area (Å²) in [6.07, 6.45) is 10.1. The molecule has 0 aromatic heterocycles. The monoisotopic (exact) mass is 264 g/mol. The fraction of sp³-hybridized carbons (Fsp3) is 0.938. The first kappa shape index (κ1) is 13.4. The predicted octanol–water partition coefficient (Wildman–Crippen LogP) is 2.90. The summed E-state index contributed by atoms with van der Waals surface area (Å²) in [6.45, 7) is 4.39. The number of amides is 1. The molecule has 108 valence electrons. The molecule has 3 heteroatoms. The van der Waals surface area contributed by atoms with E-state index in [1.165, 1.54) is 25.7 Å². The van der Waals surface area contributed by atoms with E-state index in [2.05, 4.69) is 24.1 Å². The number of hydrogen-bond acceptors (Lipinski definition) is 2. The van der Waals surface area contributed by atoms with Gasteiger partial charge in [0.25, 0.3) is 0 Å². The van der Waals surface area contributed by atoms with Gasteiger partial charge in [-0.2, -0.15) is 0 Å². The molecule has 3 nitrogen and oxygen atoms in total. The number of nitrogens with zero attached hydrogens (tertiary/aromatic N) is 1. The smallest absolute Gasteiger partial charge is 0.241 e. The highest BCUT2D eigenvalue weighted by molar-refractivity contribution is 5.84. The summed E-state index contributed by atoms with van der Waals surface area (Å²) < 4.78 is 0. The summed E-state index contributed by atoms with van der Waals surface area (Å²) in [5.74, 6) is 2.11. The van der Waals surface area contributed by atoms with Gasteiger partial charge in [0.2, 0.25) is 5.91 Å². The number of nitrogens with one attached hydrogen (secondary N) is 1. The van der Waals surface area contributed by atoms with Crippen molar-refractivity contribution in [1.29, 1.82) is 0 Å². The minimum Gasteiger partial charge on any atom is -0.323 e. The number of rotatable bonds is 5. The predicted molar refractivity (Wildman–Crippen MR) is 76.6 cm³/mol. The fourth-order valence-electron chi connectivity index (χ4n) is 4.66. The first-order valence-corrected chi connectivity index (χ1v) is 8.32. The fourth-order valence-corrected chi connectivity index (χ4v) is 4.66. The quantitative estimate of drug-likeness (QED) is 0.828. The van der Waals surface area contributed by atoms with Crippen LogP contribution in [0, 0.1) is 11.8 Å². The van der Waals surface area contributed by atoms with Crippen LogP contribution in [0.2, 0.25) is 0 Å². The number of carbonyl (C=O) groups is 1. The van der Waals surface area contributed by atoms with Crippen molar-refractivity contribution >= 4 is 5.91 Å². The number of fused-ring (bicyclic) bond motifs is 2. The highest BCUT2D eigenvalue weighted by Crippen LogP contribution is 2.47. The van der Waals surface area contributed by atoms with E-state index in [4.69, 9.17) is 0 Å². The van der Waals surface area contributed by atoms with E-state index in [-0.39, 0.29) is 6.04 Å². The van der Waals surface area contributed by atoms with Crippen molar-refractivity contribution in [1.82, 2.24) is 10.2 Å². The molecule has 2 saturated carbocycles. The third-order valence-corrected chi connectivity index (χ3v) is 5.48. The van der Waals surface area contributed by atoms with E-state index in [9.17, 15) is 4.79 Å². The Morgan fingerprint density at radius 1 is 1.16 bits per heavy atom. The molecular formula is C16H28N2O. The van der Waals surface area contributed by atoms with Gasteiger partial charge in [-0.25, -0.2) is 0 Å². The second-order valence-corrected chi connectivity index (χ2v) is 6.80. The van der Waals surface area contributed by atoms with Gasteiger partial charge < -0.3 is 4.90 Å². The molecule has 1 heterocycles. The van der Waals surface area contributed by atoms with Crippen molar-refractivity contribution in [3.8, 4) is 0 Å². The van der Waals surface area contributed by atoms with E-state index < -0.39 is 0 Å². The lowest BCUT2D eigenvalue weighted by atomic mass is 9.93. The minimum absolute atomic E-state index is 0.0978. The second-order valence-electron chi connectivity index (χ2n) is 6.80. The Morgan fingerprint density at radius 3 is 2.53 bits per heavy atom. The van der Waals surface area contributed by atoms with Crippen LogP contribution in [0.3, 0.4) is 0 Å². The second kappa shape index (κ2) is 5.43. The SMILES string of the molecule is CCCC1NC(CCC)N(C2CC3CCC2C3)C1=O. The Labute approximate surface area is 117 Å². The van der Waals surface area contributed by atoms with Crippen molar-refractivity contribution in [2.75, 3.05) is 0 Å². The van der Waals surface area contributed by atoms with Crippen LogP contribution in [0.15, 0.2) is 0 Å². The Kier molecular flexibility index (Phi) is 3.84. The first-order valence-electron chi connectivity index (χ1n) is 8.32. The molecule has 19 heavy (non-hydrogen) atoms. The molecule has 2 bridgehead atoms. The molecule has 5 unspecified atom stereocenters. The van der Waals surface area contributed by atoms with Crippen molar-refractivity contribution in [3.05, 3.63) is 0 Å². The average Bonchev–Trinajstić information content (AvgIpc) is 3.06. The molecule has 1 aliphatic heterocycles. The van der Waals surface area contributed by atoms with E-state index in [0.717, 1.165) is 37.5 Å². The molecule has 0 radical (unpaired) electrons. The summed E-state index contributed by atoms with van der Waals surface area (Å²) in [4.78, 5) is 15.0. The highest BCUT2D eigenvalue weighted by atomic mass is 16.2. The number of hydrogen-bond donors (Lipinski definition) is 1. The van der Waals surface area contributed by atoms with E-state index >= 15 is 0 Å². The Balaban J connectivity index is 1.74. The molecule has 0 aromatic rings. The minimum atomic E-state index is 0.0978. The zero-order chi connectivity index (χ0) is 13.4. The van der Waals surface area contributed by atoms with Crippen molar-refractivity contribution in [3.63, 3.8) is 0 Å². The largest absolute Gasteiger partial charge is 0.323 e. The van der Waals surface area contributed by atoms with E-state index in [0.29, 0.717) is 18.1 Å². The van der Waals surface area contributed by atoms with Crippen LogP contribution in [0.4, 0.5) is 0 Å². The third-order valence-electron chi connectivity index (χ3n) is 5.48. The third kappa shape index (κ3) is 2.31. The summed E-state index contributed by atoms with van der Waals surface area (Å²) >= 11 is 0. The standard InChI is InChI=1S/C16H28N2O/c1-3-5-13-16(19)18(15(17-13)6-4-2)14-10-11-7-8-12(14)9-11/h11-15,17H,3-10H2,1-2H3. The highest BCUT2D eigenvalue weighted by Gasteiger charge is 2.49.